The molecular weight excluding hydrogens is 274 g/mol. The van der Waals surface area contributed by atoms with Gasteiger partial charge in [0, 0.05) is 18.4 Å². The molecule has 0 fully saturated rings. The third kappa shape index (κ3) is 2.47. The van der Waals surface area contributed by atoms with Crippen LogP contribution in [0, 0.1) is 0 Å². The summed E-state index contributed by atoms with van der Waals surface area (Å²) in [6.45, 7) is 2.48. The van der Waals surface area contributed by atoms with Crippen molar-refractivity contribution >= 4 is 11.8 Å². The van der Waals surface area contributed by atoms with Crippen LogP contribution in [0.3, 0.4) is 0 Å². The fourth-order valence-electron chi connectivity index (χ4n) is 2.04. The number of ether oxygens (including phenoxy) is 2. The Hall–Kier alpha value is -1.69. The van der Waals surface area contributed by atoms with Crippen molar-refractivity contribution in [2.24, 2.45) is 7.05 Å². The van der Waals surface area contributed by atoms with Crippen molar-refractivity contribution in [3.63, 3.8) is 0 Å². The summed E-state index contributed by atoms with van der Waals surface area (Å²) in [6, 6.07) is 5.85. The van der Waals surface area contributed by atoms with E-state index >= 15 is 0 Å². The number of thioether (sulfide) groups is 1. The number of rotatable bonds is 5. The second-order valence-electron chi connectivity index (χ2n) is 4.64. The number of nitrogens with zero attached hydrogens (tertiary/aromatic N) is 3. The zero-order valence-corrected chi connectivity index (χ0v) is 12.4. The van der Waals surface area contributed by atoms with Gasteiger partial charge in [-0.15, -0.1) is 10.2 Å². The van der Waals surface area contributed by atoms with Crippen LogP contribution in [0.5, 0.6) is 11.5 Å². The van der Waals surface area contributed by atoms with Crippen LogP contribution in [0.2, 0.25) is 0 Å². The maximum Gasteiger partial charge on any atom is 0.231 e. The monoisotopic (exact) mass is 291 g/mol. The normalized spacial score (nSPS) is 12.9. The van der Waals surface area contributed by atoms with Gasteiger partial charge >= 0.3 is 0 Å². The molecule has 0 bridgehead atoms. The van der Waals surface area contributed by atoms with Crippen molar-refractivity contribution in [2.75, 3.05) is 12.5 Å². The Kier molecular flexibility index (Phi) is 3.82. The van der Waals surface area contributed by atoms with Crippen molar-refractivity contribution in [3.8, 4) is 22.9 Å². The lowest BCUT2D eigenvalue weighted by Gasteiger charge is -2.04. The van der Waals surface area contributed by atoms with E-state index in [-0.39, 0.29) is 6.79 Å². The van der Waals surface area contributed by atoms with Gasteiger partial charge in [-0.25, -0.2) is 0 Å². The van der Waals surface area contributed by atoms with E-state index in [4.69, 9.17) is 9.47 Å². The molecule has 0 spiro atoms. The van der Waals surface area contributed by atoms with Crippen molar-refractivity contribution in [1.82, 2.24) is 14.8 Å². The van der Waals surface area contributed by atoms with Crippen molar-refractivity contribution in [3.05, 3.63) is 18.2 Å². The predicted octanol–water partition coefficient (Wildman–Crippen LogP) is 3.10. The van der Waals surface area contributed by atoms with Gasteiger partial charge in [0.15, 0.2) is 22.5 Å². The molecule has 1 aromatic carbocycles. The SMILES string of the molecule is CCCCSc1nnc(-c2ccc3c(c2)OCO3)n1C. The van der Waals surface area contributed by atoms with Gasteiger partial charge in [-0.2, -0.15) is 0 Å². The van der Waals surface area contributed by atoms with E-state index in [9.17, 15) is 0 Å². The third-order valence-electron chi connectivity index (χ3n) is 3.19. The molecule has 0 N–H and O–H groups in total. The maximum atomic E-state index is 5.40. The zero-order valence-electron chi connectivity index (χ0n) is 11.6. The highest BCUT2D eigenvalue weighted by Gasteiger charge is 2.17. The molecule has 0 unspecified atom stereocenters. The molecule has 6 heteroatoms. The highest BCUT2D eigenvalue weighted by molar-refractivity contribution is 7.99. The summed E-state index contributed by atoms with van der Waals surface area (Å²) in [5.74, 6) is 3.48. The molecule has 0 atom stereocenters. The van der Waals surface area contributed by atoms with Crippen molar-refractivity contribution < 1.29 is 9.47 Å². The summed E-state index contributed by atoms with van der Waals surface area (Å²) in [5.41, 5.74) is 0.992. The molecule has 0 saturated heterocycles. The highest BCUT2D eigenvalue weighted by Crippen LogP contribution is 2.35. The van der Waals surface area contributed by atoms with Crippen molar-refractivity contribution in [2.45, 2.75) is 24.9 Å². The second-order valence-corrected chi connectivity index (χ2v) is 5.70. The number of hydrogen-bond acceptors (Lipinski definition) is 5. The van der Waals surface area contributed by atoms with Crippen LogP contribution in [-0.2, 0) is 7.05 Å². The Morgan fingerprint density at radius 2 is 2.10 bits per heavy atom. The number of unbranched alkanes of at least 4 members (excludes halogenated alkanes) is 1. The van der Waals surface area contributed by atoms with Gasteiger partial charge in [-0.05, 0) is 24.6 Å². The molecule has 0 saturated carbocycles. The van der Waals surface area contributed by atoms with E-state index < -0.39 is 0 Å². The van der Waals surface area contributed by atoms with Gasteiger partial charge < -0.3 is 14.0 Å². The molecular formula is C14H17N3O2S. The van der Waals surface area contributed by atoms with Crippen LogP contribution < -0.4 is 9.47 Å². The molecule has 0 aliphatic carbocycles. The molecule has 0 amide bonds. The van der Waals surface area contributed by atoms with Gasteiger partial charge in [-0.3, -0.25) is 0 Å². The minimum absolute atomic E-state index is 0.287. The van der Waals surface area contributed by atoms with Crippen LogP contribution in [0.15, 0.2) is 23.4 Å². The first-order valence-corrected chi connectivity index (χ1v) is 7.70. The van der Waals surface area contributed by atoms with Crippen LogP contribution in [0.1, 0.15) is 19.8 Å². The molecule has 1 aliphatic rings. The molecule has 2 aromatic rings. The topological polar surface area (TPSA) is 49.2 Å². The first kappa shape index (κ1) is 13.3. The standard InChI is InChI=1S/C14H17N3O2S/c1-3-4-7-20-14-16-15-13(17(14)2)10-5-6-11-12(8-10)19-9-18-11/h5-6,8H,3-4,7,9H2,1-2H3. The van der Waals surface area contributed by atoms with Gasteiger partial charge in [0.1, 0.15) is 0 Å². The second kappa shape index (κ2) is 5.75. The van der Waals surface area contributed by atoms with Gasteiger partial charge in [0.2, 0.25) is 6.79 Å². The first-order valence-electron chi connectivity index (χ1n) is 6.72. The smallest absolute Gasteiger partial charge is 0.231 e. The molecule has 2 heterocycles. The average Bonchev–Trinajstić information content (AvgIpc) is 3.05. The Morgan fingerprint density at radius 1 is 1.25 bits per heavy atom. The summed E-state index contributed by atoms with van der Waals surface area (Å²) in [5, 5.41) is 9.50. The Balaban J connectivity index is 1.83. The van der Waals surface area contributed by atoms with E-state index in [1.807, 2.05) is 29.8 Å². The van der Waals surface area contributed by atoms with E-state index in [2.05, 4.69) is 17.1 Å². The molecule has 0 radical (unpaired) electrons. The Morgan fingerprint density at radius 3 is 2.95 bits per heavy atom. The number of hydrogen-bond donors (Lipinski definition) is 0. The fraction of sp³-hybridized carbons (Fsp3) is 0.429. The molecule has 1 aromatic heterocycles. The molecule has 5 nitrogen and oxygen atoms in total. The Bertz CT molecular complexity index is 612. The lowest BCUT2D eigenvalue weighted by Crippen LogP contribution is -1.95. The largest absolute Gasteiger partial charge is 0.454 e. The Labute approximate surface area is 122 Å². The molecule has 3 rings (SSSR count). The lowest BCUT2D eigenvalue weighted by atomic mass is 10.2. The molecule has 1 aliphatic heterocycles. The highest BCUT2D eigenvalue weighted by atomic mass is 32.2. The quantitative estimate of drug-likeness (QED) is 0.626. The third-order valence-corrected chi connectivity index (χ3v) is 4.30. The fourth-order valence-corrected chi connectivity index (χ4v) is 3.03. The number of fused-ring (bicyclic) bond motifs is 1. The predicted molar refractivity (Wildman–Crippen MR) is 78.2 cm³/mol. The molecule has 20 heavy (non-hydrogen) atoms. The van der Waals surface area contributed by atoms with Crippen molar-refractivity contribution in [1.29, 1.82) is 0 Å². The minimum Gasteiger partial charge on any atom is -0.454 e. The number of benzene rings is 1. The van der Waals surface area contributed by atoms with Crippen LogP contribution in [0.25, 0.3) is 11.4 Å². The summed E-state index contributed by atoms with van der Waals surface area (Å²) < 4.78 is 12.7. The minimum atomic E-state index is 0.287. The summed E-state index contributed by atoms with van der Waals surface area (Å²) >= 11 is 1.75. The maximum absolute atomic E-state index is 5.40. The first-order chi connectivity index (χ1) is 9.79. The summed E-state index contributed by atoms with van der Waals surface area (Å²) in [7, 11) is 1.99. The number of aromatic nitrogens is 3. The lowest BCUT2D eigenvalue weighted by molar-refractivity contribution is 0.174. The summed E-state index contributed by atoms with van der Waals surface area (Å²) in [6.07, 6.45) is 2.39. The van der Waals surface area contributed by atoms with E-state index in [0.29, 0.717) is 0 Å². The summed E-state index contributed by atoms with van der Waals surface area (Å²) in [4.78, 5) is 0. The zero-order chi connectivity index (χ0) is 13.9. The molecule has 106 valence electrons. The van der Waals surface area contributed by atoms with Crippen LogP contribution in [-0.4, -0.2) is 27.3 Å². The van der Waals surface area contributed by atoms with Crippen LogP contribution in [0.4, 0.5) is 0 Å². The van der Waals surface area contributed by atoms with Gasteiger partial charge in [-0.1, -0.05) is 25.1 Å². The van der Waals surface area contributed by atoms with E-state index in [1.54, 1.807) is 11.8 Å². The average molecular weight is 291 g/mol. The van der Waals surface area contributed by atoms with Gasteiger partial charge in [0.05, 0.1) is 0 Å². The van der Waals surface area contributed by atoms with Crippen LogP contribution >= 0.6 is 11.8 Å². The van der Waals surface area contributed by atoms with E-state index in [0.717, 1.165) is 33.8 Å². The van der Waals surface area contributed by atoms with Gasteiger partial charge in [0.25, 0.3) is 0 Å². The van der Waals surface area contributed by atoms with E-state index in [1.165, 1.54) is 12.8 Å².